The summed E-state index contributed by atoms with van der Waals surface area (Å²) in [5.74, 6) is -0.524. The average Bonchev–Trinajstić information content (AvgIpc) is 2.65. The van der Waals surface area contributed by atoms with Crippen LogP contribution >= 0.6 is 0 Å². The molecule has 0 unspecified atom stereocenters. The van der Waals surface area contributed by atoms with Crippen molar-refractivity contribution in [1.29, 1.82) is 0 Å². The zero-order valence-electron chi connectivity index (χ0n) is 16.0. The first-order valence-corrected chi connectivity index (χ1v) is 8.69. The number of carbonyl (C=O) groups excluding carboxylic acids is 1. The van der Waals surface area contributed by atoms with Crippen LogP contribution in [0.5, 0.6) is 0 Å². The van der Waals surface area contributed by atoms with Gasteiger partial charge in [-0.2, -0.15) is 0 Å². The number of hydrogen-bond donors (Lipinski definition) is 1. The first-order chi connectivity index (χ1) is 12.4. The number of carboxylic acids is 1. The van der Waals surface area contributed by atoms with E-state index in [0.717, 1.165) is 24.8 Å². The third-order valence-corrected chi connectivity index (χ3v) is 3.05. The summed E-state index contributed by atoms with van der Waals surface area (Å²) >= 11 is 0. The van der Waals surface area contributed by atoms with Gasteiger partial charge in [0.2, 0.25) is 0 Å². The summed E-state index contributed by atoms with van der Waals surface area (Å²) in [6.45, 7) is 14.9. The minimum atomic E-state index is -0.981. The number of ether oxygens (including phenoxy) is 1. The topological polar surface area (TPSA) is 63.6 Å². The van der Waals surface area contributed by atoms with E-state index in [2.05, 4.69) is 33.6 Å². The number of hydrogen-bond acceptors (Lipinski definition) is 3. The van der Waals surface area contributed by atoms with Crippen molar-refractivity contribution in [3.8, 4) is 0 Å². The molecule has 0 amide bonds. The van der Waals surface area contributed by atoms with Crippen molar-refractivity contribution in [3.05, 3.63) is 67.8 Å². The van der Waals surface area contributed by atoms with E-state index in [9.17, 15) is 9.59 Å². The Hall–Kier alpha value is -2.62. The van der Waals surface area contributed by atoms with Gasteiger partial charge in [0.1, 0.15) is 0 Å². The highest BCUT2D eigenvalue weighted by molar-refractivity contribution is 5.81. The van der Waals surface area contributed by atoms with Gasteiger partial charge in [-0.25, -0.2) is 9.59 Å². The fraction of sp³-hybridized carbons (Fsp3) is 0.364. The van der Waals surface area contributed by atoms with Crippen LogP contribution in [-0.2, 0) is 14.3 Å². The standard InChI is InChI=1S/C11H20O2.C8H8.C3H4O2/c1-4-11(12)13-9-7-5-6-8-10(2)3;1-2-8-6-4-3-5-7-8;1-2-3(4)5/h4,10H,1,5-9H2,2-3H3;2-7H,1H2;2H,1H2,(H,4,5). The van der Waals surface area contributed by atoms with E-state index >= 15 is 0 Å². The molecular formula is C22H32O4. The highest BCUT2D eigenvalue weighted by atomic mass is 16.5. The van der Waals surface area contributed by atoms with Crippen molar-refractivity contribution >= 4 is 18.0 Å². The second kappa shape index (κ2) is 18.7. The zero-order valence-corrected chi connectivity index (χ0v) is 16.0. The molecule has 144 valence electrons. The van der Waals surface area contributed by atoms with E-state index in [-0.39, 0.29) is 5.97 Å². The van der Waals surface area contributed by atoms with Crippen molar-refractivity contribution in [2.45, 2.75) is 39.5 Å². The van der Waals surface area contributed by atoms with Crippen LogP contribution in [0.2, 0.25) is 0 Å². The Bertz CT molecular complexity index is 518. The molecule has 1 aromatic carbocycles. The number of unbranched alkanes of at least 4 members (excludes halogenated alkanes) is 2. The van der Waals surface area contributed by atoms with Crippen molar-refractivity contribution in [2.75, 3.05) is 6.61 Å². The molecule has 0 heterocycles. The van der Waals surface area contributed by atoms with Crippen LogP contribution in [-0.4, -0.2) is 23.7 Å². The summed E-state index contributed by atoms with van der Waals surface area (Å²) in [6.07, 6.45) is 8.46. The Kier molecular flexibility index (Phi) is 18.4. The lowest BCUT2D eigenvalue weighted by Crippen LogP contribution is -2.01. The molecule has 0 aliphatic rings. The van der Waals surface area contributed by atoms with Gasteiger partial charge >= 0.3 is 11.9 Å². The molecule has 0 aliphatic carbocycles. The van der Waals surface area contributed by atoms with Crippen LogP contribution in [0.1, 0.15) is 45.1 Å². The van der Waals surface area contributed by atoms with Crippen LogP contribution in [0.3, 0.4) is 0 Å². The van der Waals surface area contributed by atoms with Gasteiger partial charge in [0, 0.05) is 12.2 Å². The van der Waals surface area contributed by atoms with Crippen LogP contribution in [0.4, 0.5) is 0 Å². The van der Waals surface area contributed by atoms with Gasteiger partial charge in [0.15, 0.2) is 0 Å². The van der Waals surface area contributed by atoms with Gasteiger partial charge in [0.05, 0.1) is 6.61 Å². The van der Waals surface area contributed by atoms with E-state index in [1.165, 1.54) is 24.5 Å². The summed E-state index contributed by atoms with van der Waals surface area (Å²) < 4.78 is 4.84. The summed E-state index contributed by atoms with van der Waals surface area (Å²) in [6, 6.07) is 10.0. The third kappa shape index (κ3) is 21.4. The summed E-state index contributed by atoms with van der Waals surface area (Å²) in [5, 5.41) is 7.60. The molecule has 0 aliphatic heterocycles. The van der Waals surface area contributed by atoms with E-state index in [0.29, 0.717) is 6.61 Å². The van der Waals surface area contributed by atoms with Crippen molar-refractivity contribution in [3.63, 3.8) is 0 Å². The number of esters is 1. The molecule has 0 spiro atoms. The molecule has 1 N–H and O–H groups in total. The summed E-state index contributed by atoms with van der Waals surface area (Å²) in [5.41, 5.74) is 1.17. The first kappa shape index (κ1) is 25.6. The van der Waals surface area contributed by atoms with E-state index in [1.54, 1.807) is 0 Å². The maximum atomic E-state index is 10.6. The lowest BCUT2D eigenvalue weighted by atomic mass is 10.1. The van der Waals surface area contributed by atoms with Crippen LogP contribution in [0, 0.1) is 5.92 Å². The smallest absolute Gasteiger partial charge is 0.330 e. The van der Waals surface area contributed by atoms with Gasteiger partial charge in [-0.3, -0.25) is 0 Å². The quantitative estimate of drug-likeness (QED) is 0.358. The molecular weight excluding hydrogens is 328 g/mol. The van der Waals surface area contributed by atoms with E-state index in [4.69, 9.17) is 9.84 Å². The maximum Gasteiger partial charge on any atom is 0.330 e. The predicted octanol–water partition coefficient (Wildman–Crippen LogP) is 5.52. The zero-order chi connectivity index (χ0) is 20.2. The Morgan fingerprint density at radius 3 is 2.00 bits per heavy atom. The molecule has 0 fully saturated rings. The third-order valence-electron chi connectivity index (χ3n) is 3.05. The molecule has 0 aromatic heterocycles. The van der Waals surface area contributed by atoms with Crippen LogP contribution in [0.15, 0.2) is 62.2 Å². The second-order valence-corrected chi connectivity index (χ2v) is 5.77. The molecule has 1 aromatic rings. The molecule has 0 saturated carbocycles. The Labute approximate surface area is 157 Å². The van der Waals surface area contributed by atoms with Crippen molar-refractivity contribution in [2.24, 2.45) is 5.92 Å². The molecule has 0 bridgehead atoms. The minimum absolute atomic E-state index is 0.316. The number of benzene rings is 1. The van der Waals surface area contributed by atoms with Gasteiger partial charge in [-0.05, 0) is 17.9 Å². The molecule has 1 rings (SSSR count). The number of rotatable bonds is 9. The molecule has 4 nitrogen and oxygen atoms in total. The van der Waals surface area contributed by atoms with Gasteiger partial charge in [-0.1, -0.05) is 89.3 Å². The SMILES string of the molecule is C=CC(=O)O.C=CC(=O)OCCCCCC(C)C.C=Cc1ccccc1. The first-order valence-electron chi connectivity index (χ1n) is 8.69. The molecule has 0 saturated heterocycles. The highest BCUT2D eigenvalue weighted by Gasteiger charge is 1.96. The van der Waals surface area contributed by atoms with Crippen molar-refractivity contribution in [1.82, 2.24) is 0 Å². The predicted molar refractivity (Wildman–Crippen MR) is 109 cm³/mol. The monoisotopic (exact) mass is 360 g/mol. The summed E-state index contributed by atoms with van der Waals surface area (Å²) in [7, 11) is 0. The lowest BCUT2D eigenvalue weighted by Gasteiger charge is -2.04. The van der Waals surface area contributed by atoms with E-state index < -0.39 is 5.97 Å². The molecule has 4 heteroatoms. The fourth-order valence-corrected chi connectivity index (χ4v) is 1.65. The Balaban J connectivity index is 0. The Morgan fingerprint density at radius 1 is 1.04 bits per heavy atom. The van der Waals surface area contributed by atoms with Gasteiger partial charge in [-0.15, -0.1) is 0 Å². The Morgan fingerprint density at radius 2 is 1.62 bits per heavy atom. The average molecular weight is 360 g/mol. The maximum absolute atomic E-state index is 10.6. The largest absolute Gasteiger partial charge is 0.478 e. The summed E-state index contributed by atoms with van der Waals surface area (Å²) in [4.78, 5) is 19.9. The number of carboxylic acid groups (broad SMARTS) is 1. The number of carbonyl (C=O) groups is 2. The van der Waals surface area contributed by atoms with Crippen LogP contribution in [0.25, 0.3) is 6.08 Å². The molecule has 26 heavy (non-hydrogen) atoms. The fourth-order valence-electron chi connectivity index (χ4n) is 1.65. The highest BCUT2D eigenvalue weighted by Crippen LogP contribution is 2.07. The van der Waals surface area contributed by atoms with Crippen molar-refractivity contribution < 1.29 is 19.4 Å². The normalized spacial score (nSPS) is 8.88. The van der Waals surface area contributed by atoms with Crippen LogP contribution < -0.4 is 0 Å². The lowest BCUT2D eigenvalue weighted by molar-refractivity contribution is -0.138. The minimum Gasteiger partial charge on any atom is -0.478 e. The van der Waals surface area contributed by atoms with Gasteiger partial charge in [0.25, 0.3) is 0 Å². The molecule has 0 radical (unpaired) electrons. The van der Waals surface area contributed by atoms with Gasteiger partial charge < -0.3 is 9.84 Å². The number of aliphatic carboxylic acids is 1. The molecule has 0 atom stereocenters. The second-order valence-electron chi connectivity index (χ2n) is 5.77. The van der Waals surface area contributed by atoms with E-state index in [1.807, 2.05) is 36.4 Å².